The molecule has 0 saturated carbocycles. The van der Waals surface area contributed by atoms with E-state index in [1.54, 1.807) is 12.1 Å². The van der Waals surface area contributed by atoms with Crippen LogP contribution in [0.15, 0.2) is 85.3 Å². The van der Waals surface area contributed by atoms with Crippen LogP contribution in [0.25, 0.3) is 10.2 Å². The van der Waals surface area contributed by atoms with Gasteiger partial charge < -0.3 is 4.74 Å². The Morgan fingerprint density at radius 2 is 1.87 bits per heavy atom. The van der Waals surface area contributed by atoms with Crippen molar-refractivity contribution < 1.29 is 17.9 Å². The molecule has 1 aromatic heterocycles. The lowest BCUT2D eigenvalue weighted by atomic mass is 10.2. The van der Waals surface area contributed by atoms with Crippen molar-refractivity contribution in [3.8, 4) is 5.75 Å². The second-order valence-corrected chi connectivity index (χ2v) is 10.1. The number of benzene rings is 2. The van der Waals surface area contributed by atoms with E-state index in [0.717, 1.165) is 10.2 Å². The van der Waals surface area contributed by atoms with Crippen LogP contribution in [-0.2, 0) is 14.8 Å². The van der Waals surface area contributed by atoms with E-state index in [1.165, 1.54) is 53.5 Å². The lowest BCUT2D eigenvalue weighted by Gasteiger charge is -2.07. The van der Waals surface area contributed by atoms with Crippen molar-refractivity contribution >= 4 is 54.8 Å². The van der Waals surface area contributed by atoms with Crippen molar-refractivity contribution in [2.75, 3.05) is 6.61 Å². The van der Waals surface area contributed by atoms with E-state index in [-0.39, 0.29) is 16.4 Å². The van der Waals surface area contributed by atoms with Crippen LogP contribution in [0.2, 0.25) is 0 Å². The van der Waals surface area contributed by atoms with Crippen molar-refractivity contribution in [1.82, 2.24) is 4.98 Å². The van der Waals surface area contributed by atoms with E-state index < -0.39 is 10.0 Å². The van der Waals surface area contributed by atoms with Crippen LogP contribution in [0.3, 0.4) is 0 Å². The molecule has 0 aliphatic heterocycles. The smallest absolute Gasteiger partial charge is 0.282 e. The molecule has 30 heavy (non-hydrogen) atoms. The monoisotopic (exact) mass is 456 g/mol. The molecule has 0 unspecified atom stereocenters. The predicted molar refractivity (Wildman–Crippen MR) is 120 cm³/mol. The fourth-order valence-corrected chi connectivity index (χ4v) is 5.75. The van der Waals surface area contributed by atoms with Crippen LogP contribution in [0.5, 0.6) is 5.75 Å². The van der Waals surface area contributed by atoms with E-state index in [9.17, 15) is 13.2 Å². The Kier molecular flexibility index (Phi) is 5.85. The zero-order valence-corrected chi connectivity index (χ0v) is 18.3. The van der Waals surface area contributed by atoms with E-state index in [0.29, 0.717) is 21.6 Å². The molecular weight excluding hydrogens is 440 g/mol. The van der Waals surface area contributed by atoms with Crippen molar-refractivity contribution in [2.24, 2.45) is 4.40 Å². The number of hydrogen-bond donors (Lipinski definition) is 0. The number of allylic oxidation sites excluding steroid dienone is 4. The number of thioether (sulfide) groups is 1. The molecule has 0 saturated heterocycles. The van der Waals surface area contributed by atoms with Crippen molar-refractivity contribution in [3.63, 3.8) is 0 Å². The van der Waals surface area contributed by atoms with E-state index in [1.807, 2.05) is 31.2 Å². The molecular formula is C21H16N2O4S3. The molecule has 3 aromatic rings. The van der Waals surface area contributed by atoms with Gasteiger partial charge in [-0.15, -0.1) is 11.3 Å². The van der Waals surface area contributed by atoms with E-state index in [4.69, 9.17) is 4.74 Å². The minimum absolute atomic E-state index is 0.0533. The Balaban J connectivity index is 1.60. The molecule has 0 amide bonds. The van der Waals surface area contributed by atoms with Gasteiger partial charge in [0.05, 0.1) is 32.3 Å². The van der Waals surface area contributed by atoms with Crippen LogP contribution in [-0.4, -0.2) is 31.5 Å². The van der Waals surface area contributed by atoms with E-state index >= 15 is 0 Å². The first-order valence-corrected chi connectivity index (χ1v) is 12.1. The largest absolute Gasteiger partial charge is 0.494 e. The van der Waals surface area contributed by atoms with Gasteiger partial charge in [-0.25, -0.2) is 4.98 Å². The Hall–Kier alpha value is -2.75. The number of aromatic nitrogens is 1. The number of carbonyl (C=O) groups is 1. The van der Waals surface area contributed by atoms with Gasteiger partial charge in [-0.3, -0.25) is 4.79 Å². The molecule has 0 N–H and O–H groups in total. The fraction of sp³-hybridized carbons (Fsp3) is 0.0952. The Morgan fingerprint density at radius 3 is 2.60 bits per heavy atom. The summed E-state index contributed by atoms with van der Waals surface area (Å²) < 4.78 is 36.2. The summed E-state index contributed by atoms with van der Waals surface area (Å²) in [6.07, 6.45) is 4.20. The van der Waals surface area contributed by atoms with Gasteiger partial charge in [-0.05, 0) is 61.5 Å². The van der Waals surface area contributed by atoms with Gasteiger partial charge in [0.25, 0.3) is 10.0 Å². The zero-order valence-electron chi connectivity index (χ0n) is 15.8. The number of para-hydroxylation sites is 1. The number of ether oxygens (including phenoxy) is 1. The molecule has 0 bridgehead atoms. The van der Waals surface area contributed by atoms with Crippen LogP contribution in [0.1, 0.15) is 6.92 Å². The average Bonchev–Trinajstić information content (AvgIpc) is 3.13. The van der Waals surface area contributed by atoms with E-state index in [2.05, 4.69) is 9.38 Å². The first-order valence-electron chi connectivity index (χ1n) is 9.00. The molecule has 1 aliphatic rings. The molecule has 2 aromatic carbocycles. The molecule has 0 atom stereocenters. The second kappa shape index (κ2) is 8.55. The number of hydrogen-bond acceptors (Lipinski definition) is 7. The van der Waals surface area contributed by atoms with Crippen LogP contribution >= 0.6 is 23.1 Å². The average molecular weight is 457 g/mol. The van der Waals surface area contributed by atoms with Crippen molar-refractivity contribution in [3.05, 3.63) is 71.7 Å². The molecule has 0 fully saturated rings. The van der Waals surface area contributed by atoms with Crippen LogP contribution in [0, 0.1) is 0 Å². The number of fused-ring (bicyclic) bond motifs is 1. The first-order chi connectivity index (χ1) is 14.4. The predicted octanol–water partition coefficient (Wildman–Crippen LogP) is 4.64. The third-order valence-electron chi connectivity index (χ3n) is 4.06. The minimum Gasteiger partial charge on any atom is -0.494 e. The summed E-state index contributed by atoms with van der Waals surface area (Å²) in [4.78, 5) is 17.2. The highest BCUT2D eigenvalue weighted by Crippen LogP contribution is 2.35. The number of carbonyl (C=O) groups excluding carboxylic acids is 1. The highest BCUT2D eigenvalue weighted by molar-refractivity contribution is 8.05. The molecule has 6 nitrogen and oxygen atoms in total. The third-order valence-corrected chi connectivity index (χ3v) is 7.51. The minimum atomic E-state index is -3.92. The highest BCUT2D eigenvalue weighted by Gasteiger charge is 2.19. The molecule has 1 aliphatic carbocycles. The molecule has 1 heterocycles. The highest BCUT2D eigenvalue weighted by atomic mass is 32.2. The Bertz CT molecular complexity index is 1270. The number of nitrogens with zero attached hydrogens (tertiary/aromatic N) is 2. The maximum absolute atomic E-state index is 12.6. The quantitative estimate of drug-likeness (QED) is 0.502. The number of thiazole rings is 1. The third kappa shape index (κ3) is 4.53. The molecule has 0 spiro atoms. The standard InChI is InChI=1S/C21H16N2O4S3/c1-2-27-15-8-10-16(11-9-15)30(25,26)23-14-7-12-18(24)20(13-14)29-21-22-17-5-3-4-6-19(17)28-21/h3-13H,2H2,1H3/b23-14+. The molecule has 4 rings (SSSR count). The summed E-state index contributed by atoms with van der Waals surface area (Å²) in [6.45, 7) is 2.34. The molecule has 152 valence electrons. The van der Waals surface area contributed by atoms with Gasteiger partial charge in [0, 0.05) is 0 Å². The normalized spacial score (nSPS) is 15.6. The summed E-state index contributed by atoms with van der Waals surface area (Å²) in [7, 11) is -3.92. The SMILES string of the molecule is CCOc1ccc(S(=O)(=O)/N=C2\C=CC(=O)C(Sc3nc4ccccc4s3)=C2)cc1. The van der Waals surface area contributed by atoms with Gasteiger partial charge in [0.1, 0.15) is 5.75 Å². The van der Waals surface area contributed by atoms with Gasteiger partial charge in [0.2, 0.25) is 0 Å². The van der Waals surface area contributed by atoms with Gasteiger partial charge in [0.15, 0.2) is 10.1 Å². The van der Waals surface area contributed by atoms with Gasteiger partial charge in [-0.2, -0.15) is 12.8 Å². The lowest BCUT2D eigenvalue weighted by molar-refractivity contribution is -0.110. The number of ketones is 1. The maximum atomic E-state index is 12.6. The Morgan fingerprint density at radius 1 is 1.10 bits per heavy atom. The number of rotatable bonds is 6. The molecule has 0 radical (unpaired) electrons. The Labute approximate surface area is 182 Å². The summed E-state index contributed by atoms with van der Waals surface area (Å²) in [5.41, 5.74) is 1.04. The van der Waals surface area contributed by atoms with Crippen molar-refractivity contribution in [1.29, 1.82) is 0 Å². The number of sulfonamides is 1. The first kappa shape index (κ1) is 20.5. The maximum Gasteiger partial charge on any atom is 0.282 e. The van der Waals surface area contributed by atoms with Gasteiger partial charge >= 0.3 is 0 Å². The summed E-state index contributed by atoms with van der Waals surface area (Å²) in [5, 5.41) is 0. The summed E-state index contributed by atoms with van der Waals surface area (Å²) in [5.74, 6) is 0.373. The van der Waals surface area contributed by atoms with Crippen LogP contribution in [0.4, 0.5) is 0 Å². The second-order valence-electron chi connectivity index (χ2n) is 6.15. The topological polar surface area (TPSA) is 85.7 Å². The summed E-state index contributed by atoms with van der Waals surface area (Å²) >= 11 is 2.68. The van der Waals surface area contributed by atoms with Gasteiger partial charge in [-0.1, -0.05) is 23.9 Å². The molecule has 9 heteroatoms. The summed E-state index contributed by atoms with van der Waals surface area (Å²) in [6, 6.07) is 13.8. The lowest BCUT2D eigenvalue weighted by Crippen LogP contribution is -2.08. The van der Waals surface area contributed by atoms with Crippen molar-refractivity contribution in [2.45, 2.75) is 16.2 Å². The fourth-order valence-electron chi connectivity index (χ4n) is 2.69. The van der Waals surface area contributed by atoms with Crippen LogP contribution < -0.4 is 4.74 Å². The zero-order chi connectivity index (χ0) is 21.1.